The van der Waals surface area contributed by atoms with Crippen molar-refractivity contribution in [3.8, 4) is 5.75 Å². The van der Waals surface area contributed by atoms with E-state index >= 15 is 0 Å². The Hall–Kier alpha value is -3.53. The highest BCUT2D eigenvalue weighted by Gasteiger charge is 2.50. The van der Waals surface area contributed by atoms with E-state index in [2.05, 4.69) is 20.7 Å². The van der Waals surface area contributed by atoms with Crippen LogP contribution in [-0.4, -0.2) is 45.7 Å². The van der Waals surface area contributed by atoms with Gasteiger partial charge in [0.1, 0.15) is 11.3 Å². The molecule has 9 nitrogen and oxygen atoms in total. The van der Waals surface area contributed by atoms with Crippen molar-refractivity contribution in [3.05, 3.63) is 54.1 Å². The first-order chi connectivity index (χ1) is 14.4. The van der Waals surface area contributed by atoms with E-state index in [9.17, 15) is 14.4 Å². The molecule has 0 unspecified atom stereocenters. The molecule has 154 valence electrons. The molecule has 0 aliphatic carbocycles. The Morgan fingerprint density at radius 2 is 1.93 bits per heavy atom. The molecule has 4 amide bonds. The number of benzene rings is 2. The quantitative estimate of drug-likeness (QED) is 0.412. The number of imide groups is 1. The monoisotopic (exact) mass is 425 g/mol. The minimum absolute atomic E-state index is 0.0177. The smallest absolute Gasteiger partial charge is 0.344 e. The van der Waals surface area contributed by atoms with Gasteiger partial charge in [0.05, 0.1) is 23.9 Å². The number of para-hydroxylation sites is 2. The number of nitrogens with zero attached hydrogens (tertiary/aromatic N) is 2. The Morgan fingerprint density at radius 1 is 1.20 bits per heavy atom. The number of hydrogen-bond acceptors (Lipinski definition) is 6. The fourth-order valence-corrected chi connectivity index (χ4v) is 3.83. The number of carbonyl (C=O) groups is 3. The van der Waals surface area contributed by atoms with Crippen molar-refractivity contribution >= 4 is 40.6 Å². The number of fused-ring (bicyclic) bond motifs is 1. The summed E-state index contributed by atoms with van der Waals surface area (Å²) in [5, 5.41) is 3.93. The number of urea groups is 1. The van der Waals surface area contributed by atoms with Crippen LogP contribution >= 0.6 is 11.8 Å². The van der Waals surface area contributed by atoms with E-state index in [-0.39, 0.29) is 5.75 Å². The second-order valence-corrected chi connectivity index (χ2v) is 7.77. The van der Waals surface area contributed by atoms with Crippen molar-refractivity contribution in [2.75, 3.05) is 12.9 Å². The van der Waals surface area contributed by atoms with Crippen molar-refractivity contribution in [3.63, 3.8) is 0 Å². The highest BCUT2D eigenvalue weighted by atomic mass is 32.2. The zero-order chi connectivity index (χ0) is 21.3. The number of ether oxygens (including phenoxy) is 1. The number of aromatic nitrogens is 2. The number of nitrogens with one attached hydrogen (secondary N) is 3. The molecule has 0 radical (unpaired) electrons. The van der Waals surface area contributed by atoms with Crippen molar-refractivity contribution in [2.45, 2.75) is 17.6 Å². The third kappa shape index (κ3) is 3.57. The molecule has 4 rings (SSSR count). The summed E-state index contributed by atoms with van der Waals surface area (Å²) >= 11 is 1.18. The summed E-state index contributed by atoms with van der Waals surface area (Å²) < 4.78 is 5.12. The van der Waals surface area contributed by atoms with Crippen molar-refractivity contribution < 1.29 is 19.1 Å². The molecule has 30 heavy (non-hydrogen) atoms. The lowest BCUT2D eigenvalue weighted by molar-refractivity contribution is -0.138. The van der Waals surface area contributed by atoms with Gasteiger partial charge in [-0.3, -0.25) is 15.0 Å². The van der Waals surface area contributed by atoms with Crippen LogP contribution in [0.5, 0.6) is 5.75 Å². The van der Waals surface area contributed by atoms with Crippen LogP contribution in [0.1, 0.15) is 12.5 Å². The van der Waals surface area contributed by atoms with Gasteiger partial charge >= 0.3 is 6.03 Å². The first-order valence-electron chi connectivity index (χ1n) is 9.09. The molecule has 2 aromatic carbocycles. The van der Waals surface area contributed by atoms with E-state index in [1.807, 2.05) is 24.3 Å². The van der Waals surface area contributed by atoms with Crippen molar-refractivity contribution in [1.82, 2.24) is 25.7 Å². The Kier molecular flexibility index (Phi) is 5.08. The Labute approximate surface area is 176 Å². The maximum atomic E-state index is 12.9. The lowest BCUT2D eigenvalue weighted by atomic mass is 9.92. The fourth-order valence-electron chi connectivity index (χ4n) is 3.15. The van der Waals surface area contributed by atoms with Gasteiger partial charge in [-0.25, -0.2) is 9.78 Å². The van der Waals surface area contributed by atoms with Gasteiger partial charge in [-0.05, 0) is 36.8 Å². The highest BCUT2D eigenvalue weighted by molar-refractivity contribution is 7.99. The minimum Gasteiger partial charge on any atom is -0.497 e. The van der Waals surface area contributed by atoms with Crippen LogP contribution in [0.15, 0.2) is 53.7 Å². The standard InChI is InChI=1S/C20H19N5O4S/c1-20(12-7-9-13(29-2)10-8-12)17(27)25(19(28)23-20)24-16(26)11-30-18-21-14-5-3-4-6-15(14)22-18/h3-10H,11H2,1-2H3,(H,21,22)(H,23,28)(H,24,26)/t20-/m0/s1. The van der Waals surface area contributed by atoms with Gasteiger partial charge in [-0.2, -0.15) is 5.01 Å². The molecule has 1 aliphatic rings. The van der Waals surface area contributed by atoms with Gasteiger partial charge in [-0.15, -0.1) is 0 Å². The van der Waals surface area contributed by atoms with Crippen LogP contribution in [-0.2, 0) is 15.1 Å². The largest absolute Gasteiger partial charge is 0.497 e. The second kappa shape index (κ2) is 7.71. The topological polar surface area (TPSA) is 116 Å². The fraction of sp³-hybridized carbons (Fsp3) is 0.200. The van der Waals surface area contributed by atoms with Crippen molar-refractivity contribution in [2.24, 2.45) is 0 Å². The van der Waals surface area contributed by atoms with E-state index in [1.165, 1.54) is 11.8 Å². The molecule has 0 spiro atoms. The summed E-state index contributed by atoms with van der Waals surface area (Å²) in [6.45, 7) is 1.59. The van der Waals surface area contributed by atoms with Gasteiger partial charge in [0.15, 0.2) is 5.16 Å². The molecule has 1 aliphatic heterocycles. The maximum absolute atomic E-state index is 12.9. The number of amides is 4. The van der Waals surface area contributed by atoms with Gasteiger partial charge in [0, 0.05) is 0 Å². The Bertz CT molecular complexity index is 1100. The first-order valence-corrected chi connectivity index (χ1v) is 10.1. The van der Waals surface area contributed by atoms with E-state index in [1.54, 1.807) is 38.3 Å². The third-order valence-corrected chi connectivity index (χ3v) is 5.68. The Balaban J connectivity index is 1.41. The van der Waals surface area contributed by atoms with Crippen LogP contribution in [0.3, 0.4) is 0 Å². The van der Waals surface area contributed by atoms with Gasteiger partial charge in [-0.1, -0.05) is 36.0 Å². The lowest BCUT2D eigenvalue weighted by Crippen LogP contribution is -2.48. The number of hydrogen-bond donors (Lipinski definition) is 3. The zero-order valence-corrected chi connectivity index (χ0v) is 17.1. The molecule has 1 aromatic heterocycles. The summed E-state index contributed by atoms with van der Waals surface area (Å²) in [7, 11) is 1.54. The van der Waals surface area contributed by atoms with E-state index < -0.39 is 23.4 Å². The number of carbonyl (C=O) groups excluding carboxylic acids is 3. The normalized spacial score (nSPS) is 18.5. The predicted molar refractivity (Wildman–Crippen MR) is 111 cm³/mol. The molecular weight excluding hydrogens is 406 g/mol. The summed E-state index contributed by atoms with van der Waals surface area (Å²) in [6, 6.07) is 13.6. The average molecular weight is 425 g/mol. The molecule has 1 atom stereocenters. The number of H-pyrrole nitrogens is 1. The lowest BCUT2D eigenvalue weighted by Gasteiger charge is -2.22. The van der Waals surface area contributed by atoms with E-state index in [4.69, 9.17) is 4.74 Å². The molecular formula is C20H19N5O4S. The molecule has 0 saturated carbocycles. The number of imidazole rings is 1. The number of rotatable bonds is 6. The molecule has 0 bridgehead atoms. The number of thioether (sulfide) groups is 1. The number of aromatic amines is 1. The molecule has 1 fully saturated rings. The summed E-state index contributed by atoms with van der Waals surface area (Å²) in [6.07, 6.45) is 0. The first kappa shape index (κ1) is 19.8. The molecule has 1 saturated heterocycles. The third-order valence-electron chi connectivity index (χ3n) is 4.80. The van der Waals surface area contributed by atoms with Gasteiger partial charge < -0.3 is 15.0 Å². The van der Waals surface area contributed by atoms with Gasteiger partial charge in [0.2, 0.25) is 5.91 Å². The molecule has 2 heterocycles. The van der Waals surface area contributed by atoms with Crippen LogP contribution < -0.4 is 15.5 Å². The number of methoxy groups -OCH3 is 1. The minimum atomic E-state index is -1.29. The van der Waals surface area contributed by atoms with E-state index in [0.717, 1.165) is 11.0 Å². The number of hydrazine groups is 1. The maximum Gasteiger partial charge on any atom is 0.344 e. The predicted octanol–water partition coefficient (Wildman–Crippen LogP) is 2.16. The van der Waals surface area contributed by atoms with Crippen molar-refractivity contribution in [1.29, 1.82) is 0 Å². The van der Waals surface area contributed by atoms with Gasteiger partial charge in [0.25, 0.3) is 5.91 Å². The summed E-state index contributed by atoms with van der Waals surface area (Å²) in [4.78, 5) is 45.1. The zero-order valence-electron chi connectivity index (χ0n) is 16.3. The van der Waals surface area contributed by atoms with Crippen LogP contribution in [0, 0.1) is 0 Å². The Morgan fingerprint density at radius 3 is 2.63 bits per heavy atom. The SMILES string of the molecule is COc1ccc([C@]2(C)NC(=O)N(NC(=O)CSc3nc4ccccc4[nH]3)C2=O)cc1. The van der Waals surface area contributed by atoms with Crippen LogP contribution in [0.2, 0.25) is 0 Å². The van der Waals surface area contributed by atoms with Crippen LogP contribution in [0.25, 0.3) is 11.0 Å². The van der Waals surface area contributed by atoms with Crippen LogP contribution in [0.4, 0.5) is 4.79 Å². The summed E-state index contributed by atoms with van der Waals surface area (Å²) in [5.74, 6) is -0.453. The average Bonchev–Trinajstić information content (AvgIpc) is 3.27. The van der Waals surface area contributed by atoms with E-state index in [0.29, 0.717) is 21.5 Å². The molecule has 3 aromatic rings. The highest BCUT2D eigenvalue weighted by Crippen LogP contribution is 2.29. The summed E-state index contributed by atoms with van der Waals surface area (Å²) in [5.41, 5.74) is 3.33. The molecule has 10 heteroatoms. The second-order valence-electron chi connectivity index (χ2n) is 6.81. The molecule has 3 N–H and O–H groups in total.